The number of nitrogens with zero attached hydrogens (tertiary/aromatic N) is 4. The molecule has 0 spiro atoms. The van der Waals surface area contributed by atoms with Gasteiger partial charge in [-0.1, -0.05) is 6.07 Å². The number of aliphatic imine (C=N–C) groups is 1. The highest BCUT2D eigenvalue weighted by Crippen LogP contribution is 2.32. The van der Waals surface area contributed by atoms with Crippen LogP contribution in [0.25, 0.3) is 22.2 Å². The molecule has 0 radical (unpaired) electrons. The largest absolute Gasteiger partial charge is 0.492 e. The number of aromatic nitrogens is 4. The number of thiophene rings is 1. The summed E-state index contributed by atoms with van der Waals surface area (Å²) >= 11 is 1.67. The SMILES string of the molecule is Cl.Cl.Oc1nc(NCc2ccc(-c3ccccn3)s2)[nH]c1/C=C1\C=Nc2ncccc21. The molecule has 31 heavy (non-hydrogen) atoms. The second-order valence-corrected chi connectivity index (χ2v) is 7.56. The Morgan fingerprint density at radius 1 is 1.03 bits per heavy atom. The first-order valence-corrected chi connectivity index (χ1v) is 9.82. The molecule has 4 aromatic heterocycles. The summed E-state index contributed by atoms with van der Waals surface area (Å²) in [5.74, 6) is 1.12. The number of halogens is 2. The average molecular weight is 473 g/mol. The van der Waals surface area contributed by atoms with Crippen LogP contribution in [0, 0.1) is 0 Å². The van der Waals surface area contributed by atoms with Gasteiger partial charge in [-0.3, -0.25) is 4.98 Å². The summed E-state index contributed by atoms with van der Waals surface area (Å²) in [6.45, 7) is 0.592. The van der Waals surface area contributed by atoms with E-state index in [4.69, 9.17) is 0 Å². The molecule has 1 aliphatic rings. The molecule has 0 saturated heterocycles. The first kappa shape index (κ1) is 22.5. The van der Waals surface area contributed by atoms with E-state index >= 15 is 0 Å². The predicted octanol–water partition coefficient (Wildman–Crippen LogP) is 5.35. The van der Waals surface area contributed by atoms with E-state index in [2.05, 4.69) is 42.4 Å². The number of imidazole rings is 1. The molecule has 4 aromatic rings. The van der Waals surface area contributed by atoms with Crippen molar-refractivity contribution in [2.24, 2.45) is 4.99 Å². The van der Waals surface area contributed by atoms with Crippen molar-refractivity contribution in [2.45, 2.75) is 6.54 Å². The monoisotopic (exact) mass is 472 g/mol. The fraction of sp³-hybridized carbons (Fsp3) is 0.0476. The molecule has 0 atom stereocenters. The number of allylic oxidation sites excluding steroid dienone is 1. The van der Waals surface area contributed by atoms with Gasteiger partial charge >= 0.3 is 0 Å². The molecule has 5 heterocycles. The van der Waals surface area contributed by atoms with Crippen molar-refractivity contribution >= 4 is 65.8 Å². The minimum atomic E-state index is -0.0638. The van der Waals surface area contributed by atoms with Crippen molar-refractivity contribution in [1.29, 1.82) is 0 Å². The van der Waals surface area contributed by atoms with Gasteiger partial charge in [-0.2, -0.15) is 4.98 Å². The third-order valence-electron chi connectivity index (χ3n) is 4.44. The minimum absolute atomic E-state index is 0. The third-order valence-corrected chi connectivity index (χ3v) is 5.55. The molecular weight excluding hydrogens is 455 g/mol. The van der Waals surface area contributed by atoms with Gasteiger partial charge in [-0.25, -0.2) is 9.98 Å². The quantitative estimate of drug-likeness (QED) is 0.363. The number of H-pyrrole nitrogens is 1. The van der Waals surface area contributed by atoms with E-state index < -0.39 is 0 Å². The van der Waals surface area contributed by atoms with Gasteiger partial charge in [0.25, 0.3) is 0 Å². The number of nitrogens with one attached hydrogen (secondary N) is 2. The van der Waals surface area contributed by atoms with E-state index in [-0.39, 0.29) is 30.7 Å². The van der Waals surface area contributed by atoms with Crippen molar-refractivity contribution in [3.8, 4) is 16.5 Å². The Labute approximate surface area is 194 Å². The van der Waals surface area contributed by atoms with Crippen LogP contribution >= 0.6 is 36.2 Å². The van der Waals surface area contributed by atoms with Crippen LogP contribution in [0.2, 0.25) is 0 Å². The van der Waals surface area contributed by atoms with Crippen LogP contribution in [0.1, 0.15) is 16.1 Å². The van der Waals surface area contributed by atoms with Gasteiger partial charge in [-0.05, 0) is 42.5 Å². The molecule has 7 nitrogen and oxygen atoms in total. The maximum Gasteiger partial charge on any atom is 0.238 e. The van der Waals surface area contributed by atoms with E-state index in [0.29, 0.717) is 24.0 Å². The van der Waals surface area contributed by atoms with E-state index in [1.165, 1.54) is 0 Å². The average Bonchev–Trinajstić information content (AvgIpc) is 3.47. The molecule has 10 heteroatoms. The van der Waals surface area contributed by atoms with Crippen molar-refractivity contribution in [3.05, 3.63) is 71.0 Å². The molecule has 0 unspecified atom stereocenters. The second-order valence-electron chi connectivity index (χ2n) is 6.39. The standard InChI is InChI=1S/C21H16N6OS.2ClH/c28-20-17(10-13-11-24-19-15(13)4-3-9-23-19)26-21(27-20)25-12-14-6-7-18(29-14)16-5-1-2-8-22-16;;/h1-11,28H,12H2,(H2,25,26,27);2*1H/b13-10+;;. The van der Waals surface area contributed by atoms with Gasteiger partial charge in [0.15, 0.2) is 5.82 Å². The molecule has 0 bridgehead atoms. The summed E-state index contributed by atoms with van der Waals surface area (Å²) in [5, 5.41) is 13.4. The van der Waals surface area contributed by atoms with Crippen LogP contribution in [0.5, 0.6) is 5.88 Å². The van der Waals surface area contributed by atoms with Crippen LogP contribution in [-0.4, -0.2) is 31.3 Å². The number of hydrogen-bond donors (Lipinski definition) is 3. The molecule has 0 saturated carbocycles. The molecule has 0 amide bonds. The Hall–Kier alpha value is -3.20. The summed E-state index contributed by atoms with van der Waals surface area (Å²) in [6, 6.07) is 13.8. The summed E-state index contributed by atoms with van der Waals surface area (Å²) in [4.78, 5) is 22.4. The predicted molar refractivity (Wildman–Crippen MR) is 130 cm³/mol. The lowest BCUT2D eigenvalue weighted by molar-refractivity contribution is 0.455. The summed E-state index contributed by atoms with van der Waals surface area (Å²) < 4.78 is 0. The molecule has 1 aliphatic heterocycles. The summed E-state index contributed by atoms with van der Waals surface area (Å²) in [6.07, 6.45) is 7.04. The van der Waals surface area contributed by atoms with Crippen molar-refractivity contribution in [3.63, 3.8) is 0 Å². The fourth-order valence-corrected chi connectivity index (χ4v) is 3.97. The lowest BCUT2D eigenvalue weighted by Crippen LogP contribution is -1.98. The smallest absolute Gasteiger partial charge is 0.238 e. The molecule has 0 aromatic carbocycles. The topological polar surface area (TPSA) is 99.1 Å². The van der Waals surface area contributed by atoms with Crippen molar-refractivity contribution in [1.82, 2.24) is 19.9 Å². The second kappa shape index (κ2) is 9.74. The number of anilines is 1. The number of aromatic hydroxyl groups is 1. The van der Waals surface area contributed by atoms with Gasteiger partial charge in [0, 0.05) is 34.6 Å². The Morgan fingerprint density at radius 2 is 1.90 bits per heavy atom. The first-order valence-electron chi connectivity index (χ1n) is 9.00. The van der Waals surface area contributed by atoms with Crippen LogP contribution in [0.15, 0.2) is 59.9 Å². The number of hydrogen-bond acceptors (Lipinski definition) is 7. The Bertz CT molecular complexity index is 1240. The van der Waals surface area contributed by atoms with Gasteiger partial charge in [0.2, 0.25) is 11.8 Å². The van der Waals surface area contributed by atoms with E-state index in [9.17, 15) is 5.11 Å². The van der Waals surface area contributed by atoms with Gasteiger partial charge in [0.1, 0.15) is 5.69 Å². The van der Waals surface area contributed by atoms with Crippen LogP contribution < -0.4 is 5.32 Å². The van der Waals surface area contributed by atoms with Crippen molar-refractivity contribution < 1.29 is 5.11 Å². The molecule has 0 fully saturated rings. The molecule has 158 valence electrons. The Kier molecular flexibility index (Phi) is 7.06. The molecule has 0 aliphatic carbocycles. The highest BCUT2D eigenvalue weighted by Gasteiger charge is 2.15. The van der Waals surface area contributed by atoms with Gasteiger partial charge < -0.3 is 15.4 Å². The highest BCUT2D eigenvalue weighted by molar-refractivity contribution is 7.15. The third kappa shape index (κ3) is 4.77. The van der Waals surface area contributed by atoms with E-state index in [1.807, 2.05) is 36.4 Å². The first-order chi connectivity index (χ1) is 14.3. The zero-order valence-corrected chi connectivity index (χ0v) is 18.5. The normalized spacial score (nSPS) is 12.8. The maximum absolute atomic E-state index is 10.2. The summed E-state index contributed by atoms with van der Waals surface area (Å²) in [7, 11) is 0. The molecule has 3 N–H and O–H groups in total. The lowest BCUT2D eigenvalue weighted by atomic mass is 10.1. The Balaban J connectivity index is 0.00000136. The number of aromatic amines is 1. The van der Waals surface area contributed by atoms with Crippen LogP contribution in [0.3, 0.4) is 0 Å². The minimum Gasteiger partial charge on any atom is -0.492 e. The zero-order valence-electron chi connectivity index (χ0n) is 16.0. The zero-order chi connectivity index (χ0) is 19.6. The summed E-state index contributed by atoms with van der Waals surface area (Å²) in [5.41, 5.74) is 3.28. The maximum atomic E-state index is 10.2. The Morgan fingerprint density at radius 3 is 2.74 bits per heavy atom. The van der Waals surface area contributed by atoms with Crippen molar-refractivity contribution in [2.75, 3.05) is 5.32 Å². The lowest BCUT2D eigenvalue weighted by Gasteiger charge is -2.00. The van der Waals surface area contributed by atoms with Crippen LogP contribution in [-0.2, 0) is 6.54 Å². The van der Waals surface area contributed by atoms with E-state index in [0.717, 1.165) is 26.6 Å². The molecular formula is C21H18Cl2N6OS. The fourth-order valence-electron chi connectivity index (χ4n) is 3.05. The number of pyridine rings is 2. The molecule has 5 rings (SSSR count). The van der Waals surface area contributed by atoms with Gasteiger partial charge in [0.05, 0.1) is 17.1 Å². The van der Waals surface area contributed by atoms with E-state index in [1.54, 1.807) is 29.9 Å². The highest BCUT2D eigenvalue weighted by atomic mass is 35.5. The van der Waals surface area contributed by atoms with Gasteiger partial charge in [-0.15, -0.1) is 36.2 Å². The number of fused-ring (bicyclic) bond motifs is 1. The van der Waals surface area contributed by atoms with Crippen LogP contribution in [0.4, 0.5) is 11.8 Å². The number of rotatable bonds is 5.